The Hall–Kier alpha value is -3.23. The smallest absolute Gasteiger partial charge is 0.404 e. The van der Waals surface area contributed by atoms with Crippen LogP contribution >= 0.6 is 0 Å². The number of oxime groups is 1. The Labute approximate surface area is 215 Å². The number of primary amides is 1. The van der Waals surface area contributed by atoms with Gasteiger partial charge in [-0.25, -0.2) is 22.6 Å². The second-order valence-electron chi connectivity index (χ2n) is 9.99. The van der Waals surface area contributed by atoms with Crippen molar-refractivity contribution in [3.63, 3.8) is 0 Å². The summed E-state index contributed by atoms with van der Waals surface area (Å²) in [7, 11) is 0. The van der Waals surface area contributed by atoms with Crippen molar-refractivity contribution in [3.8, 4) is 11.3 Å². The number of benzene rings is 1. The van der Waals surface area contributed by atoms with Crippen LogP contribution in [-0.2, 0) is 14.3 Å². The summed E-state index contributed by atoms with van der Waals surface area (Å²) in [4.78, 5) is 17.7. The Morgan fingerprint density at radius 3 is 2.55 bits per heavy atom. The van der Waals surface area contributed by atoms with E-state index in [0.717, 1.165) is 48.9 Å². The minimum atomic E-state index is -1.63. The van der Waals surface area contributed by atoms with Crippen LogP contribution in [0, 0.1) is 17.5 Å². The van der Waals surface area contributed by atoms with Crippen LogP contribution < -0.4 is 5.73 Å². The van der Waals surface area contributed by atoms with Crippen LogP contribution in [0.2, 0.25) is 0 Å². The molecule has 1 saturated heterocycles. The molecule has 1 saturated carbocycles. The summed E-state index contributed by atoms with van der Waals surface area (Å²) in [6.07, 6.45) is 1.16. The van der Waals surface area contributed by atoms with Gasteiger partial charge in [-0.3, -0.25) is 0 Å². The summed E-state index contributed by atoms with van der Waals surface area (Å²) in [6.45, 7) is -0.569. The Kier molecular flexibility index (Phi) is 7.29. The minimum Gasteiger partial charge on any atom is -0.441 e. The lowest BCUT2D eigenvalue weighted by molar-refractivity contribution is -0.202. The van der Waals surface area contributed by atoms with Crippen molar-refractivity contribution >= 4 is 11.8 Å². The Morgan fingerprint density at radius 1 is 1.18 bits per heavy atom. The van der Waals surface area contributed by atoms with E-state index in [4.69, 9.17) is 20.0 Å². The number of aliphatic hydroxyl groups is 2. The van der Waals surface area contributed by atoms with E-state index in [-0.39, 0.29) is 23.3 Å². The van der Waals surface area contributed by atoms with Crippen LogP contribution in [0.5, 0.6) is 0 Å². The number of aromatic nitrogens is 3. The number of aliphatic hydroxyl groups excluding tert-OH is 2. The Balaban J connectivity index is 1.43. The summed E-state index contributed by atoms with van der Waals surface area (Å²) < 4.78 is 53.4. The summed E-state index contributed by atoms with van der Waals surface area (Å²) in [5.41, 5.74) is 5.51. The molecule has 0 radical (unpaired) electrons. The molecule has 1 aromatic carbocycles. The summed E-state index contributed by atoms with van der Waals surface area (Å²) in [5.74, 6) is -4.45. The predicted molar refractivity (Wildman–Crippen MR) is 124 cm³/mol. The molecule has 11 nitrogen and oxygen atoms in total. The molecule has 14 heteroatoms. The Morgan fingerprint density at radius 2 is 1.89 bits per heavy atom. The summed E-state index contributed by atoms with van der Waals surface area (Å²) in [5, 5.41) is 33.0. The fraction of sp³-hybridized carbons (Fsp3) is 0.583. The largest absolute Gasteiger partial charge is 0.441 e. The highest BCUT2D eigenvalue weighted by atomic mass is 19.2. The van der Waals surface area contributed by atoms with E-state index in [2.05, 4.69) is 15.5 Å². The van der Waals surface area contributed by atoms with E-state index in [1.807, 2.05) is 0 Å². The molecule has 38 heavy (non-hydrogen) atoms. The number of rotatable bonds is 6. The van der Waals surface area contributed by atoms with Crippen LogP contribution in [-0.4, -0.2) is 73.6 Å². The molecule has 3 heterocycles. The lowest BCUT2D eigenvalue weighted by atomic mass is 9.80. The van der Waals surface area contributed by atoms with Gasteiger partial charge < -0.3 is 30.3 Å². The highest BCUT2D eigenvalue weighted by molar-refractivity contribution is 5.86. The predicted octanol–water partition coefficient (Wildman–Crippen LogP) is 2.36. The molecular weight excluding hydrogens is 511 g/mol. The highest BCUT2D eigenvalue weighted by Gasteiger charge is 2.50. The van der Waals surface area contributed by atoms with Crippen LogP contribution in [0.3, 0.4) is 0 Å². The number of hydrogen-bond donors (Lipinski definition) is 3. The molecular formula is C24H28F3N5O6. The van der Waals surface area contributed by atoms with E-state index in [0.29, 0.717) is 12.1 Å². The van der Waals surface area contributed by atoms with Crippen molar-refractivity contribution in [2.45, 2.75) is 81.0 Å². The fourth-order valence-electron chi connectivity index (χ4n) is 5.58. The maximum Gasteiger partial charge on any atom is 0.404 e. The molecule has 1 amide bonds. The van der Waals surface area contributed by atoms with Crippen LogP contribution in [0.15, 0.2) is 23.5 Å². The van der Waals surface area contributed by atoms with E-state index < -0.39 is 60.6 Å². The molecule has 1 spiro atoms. The summed E-state index contributed by atoms with van der Waals surface area (Å²) >= 11 is 0. The first-order valence-corrected chi connectivity index (χ1v) is 12.4. The number of carbonyl (C=O) groups is 1. The van der Waals surface area contributed by atoms with E-state index in [1.54, 1.807) is 0 Å². The SMILES string of the molecule is NC(=O)O[C@@H]1[C@@H](n2cc(-c3cc(F)c(F)c(F)c3)nn2)[C@@H](O)[C@@H](CO)O[C@@H]1CC1=NOC2(CCCCC2)C1. The minimum absolute atomic E-state index is 0.0378. The van der Waals surface area contributed by atoms with Gasteiger partial charge in [-0.15, -0.1) is 5.10 Å². The van der Waals surface area contributed by atoms with Gasteiger partial charge in [0, 0.05) is 18.4 Å². The first-order chi connectivity index (χ1) is 18.2. The molecule has 1 aliphatic carbocycles. The lowest BCUT2D eigenvalue weighted by Gasteiger charge is -2.43. The average Bonchev–Trinajstić information content (AvgIpc) is 3.52. The van der Waals surface area contributed by atoms with Gasteiger partial charge >= 0.3 is 6.09 Å². The zero-order chi connectivity index (χ0) is 27.0. The average molecular weight is 540 g/mol. The van der Waals surface area contributed by atoms with Crippen molar-refractivity contribution in [2.24, 2.45) is 10.9 Å². The van der Waals surface area contributed by atoms with Gasteiger partial charge in [0.1, 0.15) is 35.6 Å². The van der Waals surface area contributed by atoms with Crippen LogP contribution in [0.4, 0.5) is 18.0 Å². The number of nitrogens with two attached hydrogens (primary N) is 1. The van der Waals surface area contributed by atoms with Crippen molar-refractivity contribution < 1.29 is 42.5 Å². The fourth-order valence-corrected chi connectivity index (χ4v) is 5.58. The number of ether oxygens (including phenoxy) is 2. The number of hydrogen-bond acceptors (Lipinski definition) is 9. The monoisotopic (exact) mass is 539 g/mol. The molecule has 5 rings (SSSR count). The normalized spacial score (nSPS) is 28.7. The van der Waals surface area contributed by atoms with Crippen molar-refractivity contribution in [2.75, 3.05) is 6.61 Å². The van der Waals surface area contributed by atoms with E-state index >= 15 is 0 Å². The molecule has 206 valence electrons. The van der Waals surface area contributed by atoms with Crippen LogP contribution in [0.1, 0.15) is 51.0 Å². The standard InChI is InChI=1S/C24H28F3N5O6/c25-14-6-12(7-15(26)19(14)27)16-10-32(31-29-16)20-21(34)18(11-33)36-17(22(20)37-23(28)35)8-13-9-24(38-30-13)4-2-1-3-5-24/h6-7,10,17-18,20-22,33-34H,1-5,8-9,11H2,(H2,28,35)/t17-,18-,20+,21+,22+/m1/s1. The number of amides is 1. The van der Waals surface area contributed by atoms with Gasteiger partial charge in [-0.2, -0.15) is 0 Å². The zero-order valence-corrected chi connectivity index (χ0v) is 20.3. The molecule has 2 fully saturated rings. The third kappa shape index (κ3) is 5.07. The van der Waals surface area contributed by atoms with Gasteiger partial charge in [0.2, 0.25) is 0 Å². The molecule has 4 N–H and O–H groups in total. The third-order valence-corrected chi connectivity index (χ3v) is 7.41. The molecule has 3 aliphatic rings. The van der Waals surface area contributed by atoms with Gasteiger partial charge in [0.15, 0.2) is 23.6 Å². The van der Waals surface area contributed by atoms with E-state index in [9.17, 15) is 28.2 Å². The van der Waals surface area contributed by atoms with E-state index in [1.165, 1.54) is 6.20 Å². The zero-order valence-electron chi connectivity index (χ0n) is 20.3. The molecule has 2 aliphatic heterocycles. The van der Waals surface area contributed by atoms with Crippen LogP contribution in [0.25, 0.3) is 11.3 Å². The first kappa shape index (κ1) is 26.4. The lowest BCUT2D eigenvalue weighted by Crippen LogP contribution is -2.58. The number of nitrogens with zero attached hydrogens (tertiary/aromatic N) is 4. The quantitative estimate of drug-likeness (QED) is 0.473. The van der Waals surface area contributed by atoms with Gasteiger partial charge in [0.05, 0.1) is 18.5 Å². The highest BCUT2D eigenvalue weighted by Crippen LogP contribution is 2.41. The first-order valence-electron chi connectivity index (χ1n) is 12.4. The van der Waals surface area contributed by atoms with Gasteiger partial charge in [-0.1, -0.05) is 16.8 Å². The maximum atomic E-state index is 13.8. The van der Waals surface area contributed by atoms with Crippen molar-refractivity contribution in [3.05, 3.63) is 35.8 Å². The Bertz CT molecular complexity index is 1200. The van der Waals surface area contributed by atoms with Crippen molar-refractivity contribution in [1.29, 1.82) is 0 Å². The summed E-state index contributed by atoms with van der Waals surface area (Å²) in [6, 6.07) is 0.355. The second kappa shape index (κ2) is 10.5. The number of carbonyl (C=O) groups excluding carboxylic acids is 1. The molecule has 1 aromatic heterocycles. The number of halogens is 3. The molecule has 0 unspecified atom stereocenters. The third-order valence-electron chi connectivity index (χ3n) is 7.41. The molecule has 0 bridgehead atoms. The van der Waals surface area contributed by atoms with Gasteiger partial charge in [0.25, 0.3) is 0 Å². The topological polar surface area (TPSA) is 154 Å². The molecule has 5 atom stereocenters. The van der Waals surface area contributed by atoms with Crippen molar-refractivity contribution in [1.82, 2.24) is 15.0 Å². The van der Waals surface area contributed by atoms with Gasteiger partial charge in [-0.05, 0) is 37.8 Å². The second-order valence-corrected chi connectivity index (χ2v) is 9.99. The molecule has 2 aromatic rings. The maximum absolute atomic E-state index is 13.8.